The van der Waals surface area contributed by atoms with Gasteiger partial charge in [-0.1, -0.05) is 25.4 Å². The minimum absolute atomic E-state index is 0.0122. The Morgan fingerprint density at radius 1 is 1.33 bits per heavy atom. The molecule has 1 aromatic carbocycles. The van der Waals surface area contributed by atoms with Crippen LogP contribution in [0.25, 0.3) is 0 Å². The first kappa shape index (κ1) is 17.5. The number of hydrogen-bond acceptors (Lipinski definition) is 3. The number of aromatic carboxylic acids is 1. The van der Waals surface area contributed by atoms with E-state index < -0.39 is 5.97 Å². The molecule has 0 fully saturated rings. The average molecular weight is 313 g/mol. The molecule has 116 valence electrons. The Hall–Kier alpha value is -1.59. The number of nitrogens with two attached hydrogens (primary N) is 1. The fraction of sp³-hybridized carbons (Fsp3) is 0.467. The van der Waals surface area contributed by atoms with E-state index in [4.69, 9.17) is 22.4 Å². The molecule has 1 amide bonds. The van der Waals surface area contributed by atoms with Crippen molar-refractivity contribution in [2.75, 3.05) is 11.9 Å². The molecule has 0 saturated carbocycles. The van der Waals surface area contributed by atoms with Crippen LogP contribution in [0.1, 0.15) is 43.5 Å². The highest BCUT2D eigenvalue weighted by Crippen LogP contribution is 2.26. The van der Waals surface area contributed by atoms with Crippen molar-refractivity contribution in [2.45, 2.75) is 33.1 Å². The van der Waals surface area contributed by atoms with Crippen molar-refractivity contribution in [3.63, 3.8) is 0 Å². The predicted octanol–water partition coefficient (Wildman–Crippen LogP) is 3.13. The maximum Gasteiger partial charge on any atom is 0.337 e. The summed E-state index contributed by atoms with van der Waals surface area (Å²) in [4.78, 5) is 22.9. The largest absolute Gasteiger partial charge is 0.478 e. The first-order valence-electron chi connectivity index (χ1n) is 6.78. The van der Waals surface area contributed by atoms with Crippen LogP contribution in [0.15, 0.2) is 18.2 Å². The Bertz CT molecular complexity index is 530. The van der Waals surface area contributed by atoms with Gasteiger partial charge in [-0.15, -0.1) is 0 Å². The molecule has 0 saturated heterocycles. The van der Waals surface area contributed by atoms with E-state index >= 15 is 0 Å². The summed E-state index contributed by atoms with van der Waals surface area (Å²) in [6.07, 6.45) is 1.93. The first-order chi connectivity index (χ1) is 9.75. The van der Waals surface area contributed by atoms with E-state index in [1.165, 1.54) is 12.1 Å². The van der Waals surface area contributed by atoms with Gasteiger partial charge in [0.25, 0.3) is 0 Å². The van der Waals surface area contributed by atoms with Crippen LogP contribution in [0.4, 0.5) is 5.69 Å². The van der Waals surface area contributed by atoms with Crippen LogP contribution >= 0.6 is 11.6 Å². The van der Waals surface area contributed by atoms with Crippen LogP contribution in [0.3, 0.4) is 0 Å². The van der Waals surface area contributed by atoms with Gasteiger partial charge < -0.3 is 16.2 Å². The van der Waals surface area contributed by atoms with E-state index in [0.29, 0.717) is 18.7 Å². The van der Waals surface area contributed by atoms with Crippen molar-refractivity contribution in [1.29, 1.82) is 0 Å². The van der Waals surface area contributed by atoms with E-state index in [0.717, 1.165) is 12.8 Å². The minimum atomic E-state index is -1.12. The summed E-state index contributed by atoms with van der Waals surface area (Å²) in [5, 5.41) is 11.8. The van der Waals surface area contributed by atoms with Crippen molar-refractivity contribution < 1.29 is 14.7 Å². The Morgan fingerprint density at radius 2 is 2.00 bits per heavy atom. The van der Waals surface area contributed by atoms with Gasteiger partial charge in [0.1, 0.15) is 0 Å². The summed E-state index contributed by atoms with van der Waals surface area (Å²) in [5.74, 6) is -1.28. The number of amides is 1. The molecule has 0 unspecified atom stereocenters. The van der Waals surface area contributed by atoms with Crippen LogP contribution in [-0.2, 0) is 4.79 Å². The number of nitrogens with one attached hydrogen (secondary N) is 1. The lowest BCUT2D eigenvalue weighted by Crippen LogP contribution is -2.20. The fourth-order valence-corrected chi connectivity index (χ4v) is 2.16. The lowest BCUT2D eigenvalue weighted by atomic mass is 9.84. The number of carbonyl (C=O) groups is 2. The van der Waals surface area contributed by atoms with Crippen molar-refractivity contribution in [3.05, 3.63) is 28.8 Å². The minimum Gasteiger partial charge on any atom is -0.478 e. The second-order valence-electron chi connectivity index (χ2n) is 5.75. The molecule has 21 heavy (non-hydrogen) atoms. The highest BCUT2D eigenvalue weighted by Gasteiger charge is 2.18. The molecule has 5 nitrogen and oxygen atoms in total. The zero-order valence-electron chi connectivity index (χ0n) is 12.3. The molecule has 0 aliphatic rings. The number of rotatable bonds is 7. The van der Waals surface area contributed by atoms with E-state index in [2.05, 4.69) is 19.2 Å². The highest BCUT2D eigenvalue weighted by molar-refractivity contribution is 6.33. The quantitative estimate of drug-likeness (QED) is 0.721. The van der Waals surface area contributed by atoms with Crippen LogP contribution in [0.5, 0.6) is 0 Å². The van der Waals surface area contributed by atoms with Gasteiger partial charge in [0.15, 0.2) is 0 Å². The SMILES string of the molecule is CC(C)(CCN)CCC(=O)Nc1ccc(Cl)c(C(=O)O)c1. The molecule has 0 aliphatic heterocycles. The Kier molecular flexibility index (Phi) is 6.18. The molecular formula is C15H21ClN2O3. The molecular weight excluding hydrogens is 292 g/mol. The molecule has 0 aromatic heterocycles. The summed E-state index contributed by atoms with van der Waals surface area (Å²) in [5.41, 5.74) is 5.95. The molecule has 1 rings (SSSR count). The third-order valence-corrected chi connectivity index (χ3v) is 3.66. The van der Waals surface area contributed by atoms with Gasteiger partial charge in [-0.05, 0) is 43.0 Å². The monoisotopic (exact) mass is 312 g/mol. The topological polar surface area (TPSA) is 92.4 Å². The average Bonchev–Trinajstić information content (AvgIpc) is 2.38. The smallest absolute Gasteiger partial charge is 0.337 e. The number of anilines is 1. The van der Waals surface area contributed by atoms with E-state index in [-0.39, 0.29) is 21.9 Å². The summed E-state index contributed by atoms with van der Waals surface area (Å²) in [6.45, 7) is 4.73. The Morgan fingerprint density at radius 3 is 2.57 bits per heavy atom. The zero-order chi connectivity index (χ0) is 16.0. The molecule has 1 aromatic rings. The van der Waals surface area contributed by atoms with E-state index in [9.17, 15) is 9.59 Å². The summed E-state index contributed by atoms with van der Waals surface area (Å²) in [6, 6.07) is 4.39. The molecule has 0 heterocycles. The van der Waals surface area contributed by atoms with E-state index in [1.54, 1.807) is 6.07 Å². The number of carboxylic acids is 1. The van der Waals surface area contributed by atoms with E-state index in [1.807, 2.05) is 0 Å². The van der Waals surface area contributed by atoms with Crippen LogP contribution < -0.4 is 11.1 Å². The third kappa shape index (κ3) is 5.73. The Labute approximate surface area is 129 Å². The van der Waals surface area contributed by atoms with Gasteiger partial charge in [-0.3, -0.25) is 4.79 Å². The molecule has 0 radical (unpaired) electrons. The molecule has 0 aliphatic carbocycles. The summed E-state index contributed by atoms with van der Waals surface area (Å²) in [7, 11) is 0. The Balaban J connectivity index is 2.63. The van der Waals surface area contributed by atoms with Crippen LogP contribution in [0, 0.1) is 5.41 Å². The zero-order valence-corrected chi connectivity index (χ0v) is 13.0. The van der Waals surface area contributed by atoms with Crippen LogP contribution in [0.2, 0.25) is 5.02 Å². The number of benzene rings is 1. The van der Waals surface area contributed by atoms with Gasteiger partial charge >= 0.3 is 5.97 Å². The number of carbonyl (C=O) groups excluding carboxylic acids is 1. The maximum atomic E-state index is 11.9. The van der Waals surface area contributed by atoms with Gasteiger partial charge in [-0.25, -0.2) is 4.79 Å². The van der Waals surface area contributed by atoms with Crippen LogP contribution in [-0.4, -0.2) is 23.5 Å². The number of hydrogen-bond donors (Lipinski definition) is 3. The first-order valence-corrected chi connectivity index (χ1v) is 7.16. The molecule has 4 N–H and O–H groups in total. The standard InChI is InChI=1S/C15H21ClN2O3/c1-15(2,7-8-17)6-5-13(19)18-10-3-4-12(16)11(9-10)14(20)21/h3-4,9H,5-8,17H2,1-2H3,(H,18,19)(H,20,21). The summed E-state index contributed by atoms with van der Waals surface area (Å²) >= 11 is 5.78. The normalized spacial score (nSPS) is 11.2. The number of carboxylic acid groups (broad SMARTS) is 1. The maximum absolute atomic E-state index is 11.9. The third-order valence-electron chi connectivity index (χ3n) is 3.33. The van der Waals surface area contributed by atoms with Crippen molar-refractivity contribution in [1.82, 2.24) is 0 Å². The second-order valence-corrected chi connectivity index (χ2v) is 6.16. The summed E-state index contributed by atoms with van der Waals surface area (Å²) < 4.78 is 0. The molecule has 0 bridgehead atoms. The molecule has 6 heteroatoms. The van der Waals surface area contributed by atoms with Gasteiger partial charge in [0, 0.05) is 12.1 Å². The molecule has 0 spiro atoms. The van der Waals surface area contributed by atoms with Gasteiger partial charge in [-0.2, -0.15) is 0 Å². The van der Waals surface area contributed by atoms with Crippen molar-refractivity contribution in [3.8, 4) is 0 Å². The highest BCUT2D eigenvalue weighted by atomic mass is 35.5. The van der Waals surface area contributed by atoms with Gasteiger partial charge in [0.2, 0.25) is 5.91 Å². The molecule has 0 atom stereocenters. The van der Waals surface area contributed by atoms with Gasteiger partial charge in [0.05, 0.1) is 10.6 Å². The lowest BCUT2D eigenvalue weighted by molar-refractivity contribution is -0.116. The van der Waals surface area contributed by atoms with Crippen molar-refractivity contribution in [2.24, 2.45) is 11.1 Å². The second kappa shape index (κ2) is 7.43. The lowest BCUT2D eigenvalue weighted by Gasteiger charge is -2.23. The fourth-order valence-electron chi connectivity index (χ4n) is 1.96. The number of halogens is 1. The predicted molar refractivity (Wildman–Crippen MR) is 83.7 cm³/mol. The van der Waals surface area contributed by atoms with Crippen molar-refractivity contribution >= 4 is 29.2 Å².